The van der Waals surface area contributed by atoms with Crippen molar-refractivity contribution in [2.45, 2.75) is 32.1 Å². The topological polar surface area (TPSA) is 75.4 Å². The lowest BCUT2D eigenvalue weighted by atomic mass is 10.2. The van der Waals surface area contributed by atoms with Crippen LogP contribution in [-0.4, -0.2) is 42.9 Å². The number of amides is 2. The number of hydrogen-bond acceptors (Lipinski definition) is 3. The summed E-state index contributed by atoms with van der Waals surface area (Å²) in [6.07, 6.45) is 4.74. The molecular weight excluding hydrogens is 242 g/mol. The van der Waals surface area contributed by atoms with E-state index in [4.69, 9.17) is 5.73 Å². The average Bonchev–Trinajstić information content (AvgIpc) is 2.49. The highest BCUT2D eigenvalue weighted by Gasteiger charge is 2.15. The molecule has 0 saturated carbocycles. The Morgan fingerprint density at radius 3 is 2.82 bits per heavy atom. The molecule has 0 spiro atoms. The van der Waals surface area contributed by atoms with Gasteiger partial charge >= 0.3 is 0 Å². The van der Waals surface area contributed by atoms with Crippen molar-refractivity contribution in [1.29, 1.82) is 0 Å². The van der Waals surface area contributed by atoms with Crippen LogP contribution in [0.2, 0.25) is 0 Å². The minimum absolute atomic E-state index is 0. The molecule has 1 heterocycles. The molecule has 1 aliphatic heterocycles. The van der Waals surface area contributed by atoms with Gasteiger partial charge in [-0.05, 0) is 19.3 Å². The lowest BCUT2D eigenvalue weighted by Gasteiger charge is -2.20. The summed E-state index contributed by atoms with van der Waals surface area (Å²) in [7, 11) is 0. The molecule has 2 amide bonds. The maximum Gasteiger partial charge on any atom is 0.233 e. The van der Waals surface area contributed by atoms with Crippen LogP contribution in [0.25, 0.3) is 0 Å². The zero-order chi connectivity index (χ0) is 11.8. The van der Waals surface area contributed by atoms with E-state index in [2.05, 4.69) is 5.32 Å². The number of carbonyl (C=O) groups excluding carboxylic acids is 2. The highest BCUT2D eigenvalue weighted by atomic mass is 35.5. The highest BCUT2D eigenvalue weighted by Crippen LogP contribution is 2.10. The van der Waals surface area contributed by atoms with Gasteiger partial charge in [-0.2, -0.15) is 0 Å². The molecule has 0 bridgehead atoms. The smallest absolute Gasteiger partial charge is 0.233 e. The summed E-state index contributed by atoms with van der Waals surface area (Å²) >= 11 is 0. The fourth-order valence-corrected chi connectivity index (χ4v) is 1.84. The van der Waals surface area contributed by atoms with E-state index in [1.165, 1.54) is 0 Å². The fraction of sp³-hybridized carbons (Fsp3) is 0.818. The van der Waals surface area contributed by atoms with Crippen LogP contribution in [0, 0.1) is 0 Å². The van der Waals surface area contributed by atoms with Crippen LogP contribution in [0.3, 0.4) is 0 Å². The molecule has 6 heteroatoms. The van der Waals surface area contributed by atoms with Gasteiger partial charge in [-0.1, -0.05) is 6.42 Å². The number of rotatable bonds is 5. The summed E-state index contributed by atoms with van der Waals surface area (Å²) in [6.45, 7) is 2.23. The number of likely N-dealkylation sites (tertiary alicyclic amines) is 1. The Kier molecular flexibility index (Phi) is 8.80. The predicted octanol–water partition coefficient (Wildman–Crippen LogP) is 0.276. The zero-order valence-electron chi connectivity index (χ0n) is 10.1. The molecule has 0 aliphatic carbocycles. The van der Waals surface area contributed by atoms with Crippen molar-refractivity contribution in [1.82, 2.24) is 10.2 Å². The second-order valence-electron chi connectivity index (χ2n) is 4.10. The molecule has 1 saturated heterocycles. The van der Waals surface area contributed by atoms with Crippen LogP contribution in [0.1, 0.15) is 32.1 Å². The summed E-state index contributed by atoms with van der Waals surface area (Å²) in [5.74, 6) is 0.116. The van der Waals surface area contributed by atoms with Crippen molar-refractivity contribution in [3.63, 3.8) is 0 Å². The zero-order valence-corrected chi connectivity index (χ0v) is 10.9. The third-order valence-corrected chi connectivity index (χ3v) is 2.78. The number of hydrogen-bond donors (Lipinski definition) is 2. The van der Waals surface area contributed by atoms with Gasteiger partial charge in [0, 0.05) is 26.1 Å². The van der Waals surface area contributed by atoms with Gasteiger partial charge in [0.15, 0.2) is 0 Å². The molecule has 0 unspecified atom stereocenters. The largest absolute Gasteiger partial charge is 0.355 e. The van der Waals surface area contributed by atoms with Crippen LogP contribution in [0.4, 0.5) is 0 Å². The predicted molar refractivity (Wildman–Crippen MR) is 69.0 cm³/mol. The van der Waals surface area contributed by atoms with E-state index in [0.29, 0.717) is 13.0 Å². The first-order chi connectivity index (χ1) is 7.74. The molecule has 3 N–H and O–H groups in total. The molecule has 100 valence electrons. The molecule has 0 atom stereocenters. The Morgan fingerprint density at radius 1 is 1.35 bits per heavy atom. The van der Waals surface area contributed by atoms with Crippen molar-refractivity contribution in [2.24, 2.45) is 5.73 Å². The van der Waals surface area contributed by atoms with E-state index in [1.807, 2.05) is 4.90 Å². The second-order valence-corrected chi connectivity index (χ2v) is 4.10. The third-order valence-electron chi connectivity index (χ3n) is 2.78. The van der Waals surface area contributed by atoms with E-state index in [-0.39, 0.29) is 30.8 Å². The van der Waals surface area contributed by atoms with Crippen LogP contribution >= 0.6 is 12.4 Å². The van der Waals surface area contributed by atoms with Gasteiger partial charge in [0.25, 0.3) is 0 Å². The van der Waals surface area contributed by atoms with E-state index >= 15 is 0 Å². The first kappa shape index (κ1) is 16.2. The summed E-state index contributed by atoms with van der Waals surface area (Å²) in [5.41, 5.74) is 5.16. The summed E-state index contributed by atoms with van der Waals surface area (Å²) < 4.78 is 0. The van der Waals surface area contributed by atoms with Crippen molar-refractivity contribution in [3.05, 3.63) is 0 Å². The van der Waals surface area contributed by atoms with E-state index in [9.17, 15) is 9.59 Å². The van der Waals surface area contributed by atoms with Crippen molar-refractivity contribution in [2.75, 3.05) is 26.2 Å². The Bertz CT molecular complexity index is 249. The summed E-state index contributed by atoms with van der Waals surface area (Å²) in [6, 6.07) is 0. The van der Waals surface area contributed by atoms with E-state index in [1.54, 1.807) is 0 Å². The molecule has 0 radical (unpaired) electrons. The van der Waals surface area contributed by atoms with Gasteiger partial charge in [-0.3, -0.25) is 9.59 Å². The first-order valence-electron chi connectivity index (χ1n) is 5.98. The molecule has 1 rings (SSSR count). The standard InChI is InChI=1S/C11H21N3O2.ClH/c12-9-10(15)13-6-4-8-14-7-3-1-2-5-11(14)16;/h1-9,12H2,(H,13,15);1H. The highest BCUT2D eigenvalue weighted by molar-refractivity contribution is 5.85. The number of carbonyl (C=O) groups is 2. The van der Waals surface area contributed by atoms with Crippen LogP contribution in [0.5, 0.6) is 0 Å². The van der Waals surface area contributed by atoms with Crippen LogP contribution in [-0.2, 0) is 9.59 Å². The van der Waals surface area contributed by atoms with Gasteiger partial charge < -0.3 is 16.0 Å². The number of nitrogens with two attached hydrogens (primary N) is 1. The van der Waals surface area contributed by atoms with Gasteiger partial charge in [0.1, 0.15) is 0 Å². The monoisotopic (exact) mass is 263 g/mol. The fourth-order valence-electron chi connectivity index (χ4n) is 1.84. The number of nitrogens with one attached hydrogen (secondary N) is 1. The van der Waals surface area contributed by atoms with Crippen molar-refractivity contribution < 1.29 is 9.59 Å². The van der Waals surface area contributed by atoms with Gasteiger partial charge in [0.05, 0.1) is 6.54 Å². The molecule has 0 aromatic carbocycles. The minimum Gasteiger partial charge on any atom is -0.355 e. The molecule has 1 fully saturated rings. The molecule has 17 heavy (non-hydrogen) atoms. The van der Waals surface area contributed by atoms with Gasteiger partial charge in [0.2, 0.25) is 11.8 Å². The lowest BCUT2D eigenvalue weighted by molar-refractivity contribution is -0.130. The van der Waals surface area contributed by atoms with Crippen molar-refractivity contribution in [3.8, 4) is 0 Å². The lowest BCUT2D eigenvalue weighted by Crippen LogP contribution is -2.35. The molecule has 0 aromatic rings. The summed E-state index contributed by atoms with van der Waals surface area (Å²) in [4.78, 5) is 24.4. The Balaban J connectivity index is 0.00000256. The van der Waals surface area contributed by atoms with Gasteiger partial charge in [-0.25, -0.2) is 0 Å². The Morgan fingerprint density at radius 2 is 2.12 bits per heavy atom. The minimum atomic E-state index is -0.137. The molecular formula is C11H22ClN3O2. The van der Waals surface area contributed by atoms with Crippen LogP contribution in [0.15, 0.2) is 0 Å². The van der Waals surface area contributed by atoms with Gasteiger partial charge in [-0.15, -0.1) is 12.4 Å². The Hall–Kier alpha value is -0.810. The van der Waals surface area contributed by atoms with Crippen LogP contribution < -0.4 is 11.1 Å². The molecule has 1 aliphatic rings. The number of halogens is 1. The average molecular weight is 264 g/mol. The number of nitrogens with zero attached hydrogens (tertiary/aromatic N) is 1. The summed E-state index contributed by atoms with van der Waals surface area (Å²) in [5, 5.41) is 2.70. The third kappa shape index (κ3) is 6.48. The SMILES string of the molecule is Cl.NCC(=O)NCCCN1CCCCCC1=O. The molecule has 5 nitrogen and oxygen atoms in total. The normalized spacial score (nSPS) is 16.1. The first-order valence-corrected chi connectivity index (χ1v) is 5.98. The molecule has 0 aromatic heterocycles. The maximum absolute atomic E-state index is 11.6. The van der Waals surface area contributed by atoms with Crippen molar-refractivity contribution >= 4 is 24.2 Å². The Labute approximate surface area is 109 Å². The van der Waals surface area contributed by atoms with E-state index in [0.717, 1.165) is 38.8 Å². The quantitative estimate of drug-likeness (QED) is 0.700. The maximum atomic E-state index is 11.6. The second kappa shape index (κ2) is 9.24. The van der Waals surface area contributed by atoms with E-state index < -0.39 is 0 Å².